The molecule has 0 saturated heterocycles. The van der Waals surface area contributed by atoms with Crippen LogP contribution in [0.3, 0.4) is 0 Å². The van der Waals surface area contributed by atoms with Gasteiger partial charge in [-0.2, -0.15) is 0 Å². The normalized spacial score (nSPS) is 12.9. The molecule has 0 fully saturated rings. The lowest BCUT2D eigenvalue weighted by Crippen LogP contribution is -2.53. The van der Waals surface area contributed by atoms with Gasteiger partial charge in [-0.15, -0.1) is 0 Å². The lowest BCUT2D eigenvalue weighted by molar-refractivity contribution is -0.144. The molecule has 1 rings (SSSR count). The average molecular weight is 520 g/mol. The zero-order valence-electron chi connectivity index (χ0n) is 23.7. The molecule has 0 aliphatic rings. The molecule has 9 nitrogen and oxygen atoms in total. The van der Waals surface area contributed by atoms with Crippen LogP contribution in [0.5, 0.6) is 0 Å². The summed E-state index contributed by atoms with van der Waals surface area (Å²) in [6.45, 7) is 15.3. The van der Waals surface area contributed by atoms with Gasteiger partial charge in [-0.1, -0.05) is 45.0 Å². The van der Waals surface area contributed by atoms with Crippen molar-refractivity contribution in [1.29, 1.82) is 0 Å². The monoisotopic (exact) mass is 519 g/mol. The van der Waals surface area contributed by atoms with Gasteiger partial charge in [0.05, 0.1) is 13.0 Å². The van der Waals surface area contributed by atoms with E-state index >= 15 is 0 Å². The number of ether oxygens (including phenoxy) is 2. The van der Waals surface area contributed by atoms with E-state index in [0.29, 0.717) is 12.0 Å². The van der Waals surface area contributed by atoms with Gasteiger partial charge in [0.15, 0.2) is 0 Å². The molecule has 0 radical (unpaired) electrons. The average Bonchev–Trinajstić information content (AvgIpc) is 2.80. The molecule has 1 aromatic rings. The van der Waals surface area contributed by atoms with Gasteiger partial charge in [0, 0.05) is 13.1 Å². The van der Waals surface area contributed by atoms with Crippen molar-refractivity contribution in [3.8, 4) is 0 Å². The van der Waals surface area contributed by atoms with Crippen LogP contribution in [0.25, 0.3) is 0 Å². The van der Waals surface area contributed by atoms with Crippen molar-refractivity contribution in [2.45, 2.75) is 92.3 Å². The van der Waals surface area contributed by atoms with Gasteiger partial charge < -0.3 is 25.0 Å². The second-order valence-electron chi connectivity index (χ2n) is 10.3. The summed E-state index contributed by atoms with van der Waals surface area (Å²) < 4.78 is 10.3. The fraction of sp³-hybridized carbons (Fsp3) is 0.643. The van der Waals surface area contributed by atoms with E-state index in [4.69, 9.17) is 9.47 Å². The maximum atomic E-state index is 13.8. The van der Waals surface area contributed by atoms with E-state index in [-0.39, 0.29) is 37.9 Å². The van der Waals surface area contributed by atoms with Crippen molar-refractivity contribution >= 4 is 23.9 Å². The van der Waals surface area contributed by atoms with Crippen molar-refractivity contribution in [3.05, 3.63) is 35.4 Å². The molecule has 37 heavy (non-hydrogen) atoms. The Morgan fingerprint density at radius 2 is 1.62 bits per heavy atom. The highest BCUT2D eigenvalue weighted by Gasteiger charge is 2.35. The molecular formula is C28H45N3O6. The second-order valence-corrected chi connectivity index (χ2v) is 10.3. The van der Waals surface area contributed by atoms with Gasteiger partial charge in [0.2, 0.25) is 11.8 Å². The van der Waals surface area contributed by atoms with Gasteiger partial charge >= 0.3 is 12.1 Å². The minimum absolute atomic E-state index is 0.0251. The van der Waals surface area contributed by atoms with Crippen LogP contribution >= 0.6 is 0 Å². The summed E-state index contributed by atoms with van der Waals surface area (Å²) in [5.41, 5.74) is 1.02. The molecule has 1 aromatic carbocycles. The summed E-state index contributed by atoms with van der Waals surface area (Å²) in [6.07, 6.45) is 0.548. The van der Waals surface area contributed by atoms with E-state index in [1.807, 2.05) is 45.0 Å². The number of likely N-dealkylation sites (N-methyl/N-ethyl adjacent to an activating group) is 1. The van der Waals surface area contributed by atoms with Gasteiger partial charge in [-0.3, -0.25) is 14.4 Å². The van der Waals surface area contributed by atoms with Crippen LogP contribution in [-0.2, 0) is 30.3 Å². The van der Waals surface area contributed by atoms with Crippen LogP contribution in [-0.4, -0.2) is 60.1 Å². The zero-order chi connectivity index (χ0) is 28.2. The molecule has 0 heterocycles. The lowest BCUT2D eigenvalue weighted by Gasteiger charge is -2.34. The first-order chi connectivity index (χ1) is 17.3. The highest BCUT2D eigenvalue weighted by molar-refractivity contribution is 5.92. The van der Waals surface area contributed by atoms with Gasteiger partial charge in [-0.25, -0.2) is 4.79 Å². The lowest BCUT2D eigenvalue weighted by atomic mass is 9.98. The predicted molar refractivity (Wildman–Crippen MR) is 143 cm³/mol. The third-order valence-electron chi connectivity index (χ3n) is 5.52. The number of hydrogen-bond acceptors (Lipinski definition) is 6. The smallest absolute Gasteiger partial charge is 0.408 e. The molecule has 0 aliphatic heterocycles. The number of amides is 3. The summed E-state index contributed by atoms with van der Waals surface area (Å²) in [5.74, 6) is -1.10. The maximum absolute atomic E-state index is 13.8. The molecule has 0 aromatic heterocycles. The van der Waals surface area contributed by atoms with E-state index in [9.17, 15) is 19.2 Å². The third kappa shape index (κ3) is 11.2. The Kier molecular flexibility index (Phi) is 13.1. The first kappa shape index (κ1) is 31.9. The van der Waals surface area contributed by atoms with E-state index in [2.05, 4.69) is 10.6 Å². The predicted octanol–water partition coefficient (Wildman–Crippen LogP) is 4.15. The van der Waals surface area contributed by atoms with Crippen molar-refractivity contribution in [2.75, 3.05) is 19.7 Å². The first-order valence-electron chi connectivity index (χ1n) is 13.1. The van der Waals surface area contributed by atoms with Crippen LogP contribution in [0.15, 0.2) is 24.3 Å². The van der Waals surface area contributed by atoms with E-state index < -0.39 is 35.7 Å². The molecule has 2 atom stereocenters. The molecule has 0 bridgehead atoms. The summed E-state index contributed by atoms with van der Waals surface area (Å²) in [5, 5.41) is 5.48. The quantitative estimate of drug-likeness (QED) is 0.379. The van der Waals surface area contributed by atoms with E-state index in [1.54, 1.807) is 34.6 Å². The van der Waals surface area contributed by atoms with Crippen LogP contribution in [0.4, 0.5) is 4.79 Å². The summed E-state index contributed by atoms with van der Waals surface area (Å²) in [4.78, 5) is 53.0. The second kappa shape index (κ2) is 15.2. The number of nitrogens with one attached hydrogen (secondary N) is 2. The number of alkyl carbamates (subject to hydrolysis) is 1. The van der Waals surface area contributed by atoms with E-state index in [1.165, 1.54) is 4.90 Å². The molecule has 2 N–H and O–H groups in total. The Hall–Kier alpha value is -3.10. The topological polar surface area (TPSA) is 114 Å². The first-order valence-corrected chi connectivity index (χ1v) is 13.1. The number of benzene rings is 1. The minimum Gasteiger partial charge on any atom is -0.466 e. The Balaban J connectivity index is 3.28. The minimum atomic E-state index is -0.944. The highest BCUT2D eigenvalue weighted by Crippen LogP contribution is 2.24. The number of aryl methyl sites for hydroxylation is 1. The Labute approximate surface area is 221 Å². The molecule has 9 heteroatoms. The fourth-order valence-electron chi connectivity index (χ4n) is 3.83. The molecule has 208 valence electrons. The Bertz CT molecular complexity index is 892. The number of carbonyl (C=O) groups is 4. The van der Waals surface area contributed by atoms with Crippen LogP contribution in [0, 0.1) is 5.92 Å². The largest absolute Gasteiger partial charge is 0.466 e. The van der Waals surface area contributed by atoms with E-state index in [0.717, 1.165) is 12.0 Å². The standard InChI is InChI=1S/C28H45N3O6/c1-9-20-12-14-21(15-13-20)24(25(33)29-17-16-23(32)36-11-3)31(10-2)26(34)22(18-19(4)5)30-27(35)37-28(6,7)8/h12-15,19,22,24H,9-11,16-18H2,1-8H3,(H,29,33)(H,30,35). The van der Waals surface area contributed by atoms with Crippen LogP contribution in [0.2, 0.25) is 0 Å². The summed E-state index contributed by atoms with van der Waals surface area (Å²) in [6, 6.07) is 5.71. The van der Waals surface area contributed by atoms with Crippen LogP contribution < -0.4 is 10.6 Å². The van der Waals surface area contributed by atoms with Crippen molar-refractivity contribution in [3.63, 3.8) is 0 Å². The van der Waals surface area contributed by atoms with Crippen molar-refractivity contribution in [2.24, 2.45) is 5.92 Å². The number of nitrogens with zero attached hydrogens (tertiary/aromatic N) is 1. The molecule has 2 unspecified atom stereocenters. The highest BCUT2D eigenvalue weighted by atomic mass is 16.6. The molecule has 0 spiro atoms. The molecular weight excluding hydrogens is 474 g/mol. The van der Waals surface area contributed by atoms with Crippen molar-refractivity contribution in [1.82, 2.24) is 15.5 Å². The number of hydrogen-bond donors (Lipinski definition) is 2. The van der Waals surface area contributed by atoms with Gasteiger partial charge in [0.1, 0.15) is 17.7 Å². The molecule has 3 amide bonds. The van der Waals surface area contributed by atoms with Gasteiger partial charge in [0.25, 0.3) is 0 Å². The maximum Gasteiger partial charge on any atom is 0.408 e. The summed E-state index contributed by atoms with van der Waals surface area (Å²) >= 11 is 0. The third-order valence-corrected chi connectivity index (χ3v) is 5.52. The summed E-state index contributed by atoms with van der Waals surface area (Å²) in [7, 11) is 0. The number of carbonyl (C=O) groups excluding carboxylic acids is 4. The van der Waals surface area contributed by atoms with Gasteiger partial charge in [-0.05, 0) is 64.5 Å². The number of esters is 1. The fourth-order valence-corrected chi connectivity index (χ4v) is 3.83. The molecule has 0 saturated carbocycles. The zero-order valence-corrected chi connectivity index (χ0v) is 23.7. The van der Waals surface area contributed by atoms with Crippen molar-refractivity contribution < 1.29 is 28.7 Å². The number of rotatable bonds is 13. The van der Waals surface area contributed by atoms with Crippen LogP contribution in [0.1, 0.15) is 85.4 Å². The molecule has 0 aliphatic carbocycles. The Morgan fingerprint density at radius 3 is 2.11 bits per heavy atom. The SMILES string of the molecule is CCOC(=O)CCNC(=O)C(c1ccc(CC)cc1)N(CC)C(=O)C(CC(C)C)NC(=O)OC(C)(C)C. The Morgan fingerprint density at radius 1 is 1.00 bits per heavy atom.